The number of amides is 2. The maximum absolute atomic E-state index is 13.0. The Morgan fingerprint density at radius 1 is 1.34 bits per heavy atom. The average molecular weight is 454 g/mol. The number of amidine groups is 1. The van der Waals surface area contributed by atoms with Gasteiger partial charge in [-0.3, -0.25) is 14.6 Å². The Kier molecular flexibility index (Phi) is 6.32. The Labute approximate surface area is 183 Å². The topological polar surface area (TPSA) is 104 Å². The third-order valence-electron chi connectivity index (χ3n) is 5.29. The number of hydrogen-bond donors (Lipinski definition) is 2. The summed E-state index contributed by atoms with van der Waals surface area (Å²) in [6, 6.07) is 1.21. The van der Waals surface area contributed by atoms with Crippen molar-refractivity contribution < 1.29 is 32.6 Å². The van der Waals surface area contributed by atoms with Gasteiger partial charge in [-0.15, -0.1) is 0 Å². The lowest BCUT2D eigenvalue weighted by Gasteiger charge is -2.26. The third kappa shape index (κ3) is 5.09. The zero-order chi connectivity index (χ0) is 23.8. The fraction of sp³-hybridized carbons (Fsp3) is 0.524. The molecule has 3 heterocycles. The van der Waals surface area contributed by atoms with E-state index in [1.807, 2.05) is 0 Å². The smallest absolute Gasteiger partial charge is 0.422 e. The summed E-state index contributed by atoms with van der Waals surface area (Å²) in [7, 11) is 0. The molecule has 32 heavy (non-hydrogen) atoms. The van der Waals surface area contributed by atoms with E-state index in [0.717, 1.165) is 0 Å². The van der Waals surface area contributed by atoms with Crippen LogP contribution in [0.1, 0.15) is 44.4 Å². The second-order valence-electron chi connectivity index (χ2n) is 8.35. The van der Waals surface area contributed by atoms with E-state index in [1.165, 1.54) is 20.0 Å². The minimum atomic E-state index is -4.47. The van der Waals surface area contributed by atoms with Gasteiger partial charge in [0.2, 0.25) is 5.88 Å². The summed E-state index contributed by atoms with van der Waals surface area (Å²) in [5, 5.41) is 12.5. The van der Waals surface area contributed by atoms with Crippen molar-refractivity contribution >= 4 is 17.6 Å². The Morgan fingerprint density at radius 2 is 2.03 bits per heavy atom. The van der Waals surface area contributed by atoms with Crippen LogP contribution in [0.15, 0.2) is 28.4 Å². The summed E-state index contributed by atoms with van der Waals surface area (Å²) >= 11 is 0. The molecule has 0 spiro atoms. The van der Waals surface area contributed by atoms with Crippen LogP contribution in [0.4, 0.5) is 13.2 Å². The van der Waals surface area contributed by atoms with Crippen molar-refractivity contribution in [3.05, 3.63) is 34.5 Å². The number of halogens is 3. The van der Waals surface area contributed by atoms with Crippen LogP contribution in [0.3, 0.4) is 0 Å². The van der Waals surface area contributed by atoms with E-state index in [-0.39, 0.29) is 24.2 Å². The van der Waals surface area contributed by atoms with E-state index in [9.17, 15) is 27.9 Å². The van der Waals surface area contributed by atoms with Gasteiger partial charge in [-0.1, -0.05) is 0 Å². The van der Waals surface area contributed by atoms with Crippen molar-refractivity contribution in [2.45, 2.75) is 51.9 Å². The van der Waals surface area contributed by atoms with Crippen molar-refractivity contribution in [3.63, 3.8) is 0 Å². The lowest BCUT2D eigenvalue weighted by atomic mass is 10.0. The fourth-order valence-electron chi connectivity index (χ4n) is 3.47. The monoisotopic (exact) mass is 454 g/mol. The van der Waals surface area contributed by atoms with Gasteiger partial charge in [-0.05, 0) is 45.7 Å². The molecule has 2 aliphatic rings. The Bertz CT molecular complexity index is 996. The van der Waals surface area contributed by atoms with Crippen molar-refractivity contribution in [1.29, 1.82) is 0 Å². The minimum absolute atomic E-state index is 0.118. The van der Waals surface area contributed by atoms with Crippen molar-refractivity contribution in [3.8, 4) is 5.88 Å². The van der Waals surface area contributed by atoms with E-state index >= 15 is 0 Å². The highest BCUT2D eigenvalue weighted by molar-refractivity contribution is 6.16. The molecule has 0 aromatic carbocycles. The number of ether oxygens (including phenoxy) is 1. The highest BCUT2D eigenvalue weighted by Gasteiger charge is 2.38. The molecule has 174 valence electrons. The lowest BCUT2D eigenvalue weighted by molar-refractivity contribution is -0.154. The first-order valence-corrected chi connectivity index (χ1v) is 10.1. The van der Waals surface area contributed by atoms with Gasteiger partial charge in [-0.2, -0.15) is 13.2 Å². The number of rotatable bonds is 5. The predicted molar refractivity (Wildman–Crippen MR) is 109 cm³/mol. The highest BCUT2D eigenvalue weighted by Crippen LogP contribution is 2.33. The molecule has 0 saturated heterocycles. The van der Waals surface area contributed by atoms with Crippen LogP contribution in [0.5, 0.6) is 5.88 Å². The molecule has 1 unspecified atom stereocenters. The molecule has 0 aliphatic carbocycles. The molecule has 8 nitrogen and oxygen atoms in total. The van der Waals surface area contributed by atoms with Crippen LogP contribution >= 0.6 is 0 Å². The number of alkyl halides is 3. The number of aryl methyl sites for hydroxylation is 1. The normalized spacial score (nSPS) is 17.8. The van der Waals surface area contributed by atoms with E-state index in [2.05, 4.69) is 15.3 Å². The Hall–Kier alpha value is -2.95. The number of aliphatic hydroxyl groups is 1. The van der Waals surface area contributed by atoms with Gasteiger partial charge in [0.05, 0.1) is 12.6 Å². The molecule has 2 aliphatic heterocycles. The number of carbonyl (C=O) groups excluding carboxylic acids is 2. The largest absolute Gasteiger partial charge is 0.468 e. The first-order chi connectivity index (χ1) is 14.8. The SMILES string of the molecule is Cc1cc(C(C)N2CC3=C(CCN=C3NC(=O)C(C)(C)O)C2=O)cnc1OCC(F)(F)F. The summed E-state index contributed by atoms with van der Waals surface area (Å²) in [5.41, 5.74) is 0.597. The number of hydrogen-bond acceptors (Lipinski definition) is 6. The average Bonchev–Trinajstić information content (AvgIpc) is 3.03. The molecule has 2 amide bonds. The Morgan fingerprint density at radius 3 is 2.62 bits per heavy atom. The zero-order valence-corrected chi connectivity index (χ0v) is 18.2. The van der Waals surface area contributed by atoms with Crippen LogP contribution in [-0.2, 0) is 9.59 Å². The van der Waals surface area contributed by atoms with Gasteiger partial charge < -0.3 is 20.1 Å². The number of carbonyl (C=O) groups is 2. The second kappa shape index (κ2) is 8.53. The Balaban J connectivity index is 1.75. The van der Waals surface area contributed by atoms with E-state index in [0.29, 0.717) is 35.2 Å². The number of nitrogens with one attached hydrogen (secondary N) is 1. The molecule has 0 fully saturated rings. The summed E-state index contributed by atoms with van der Waals surface area (Å²) in [5.74, 6) is -0.676. The first kappa shape index (κ1) is 23.7. The minimum Gasteiger partial charge on any atom is -0.468 e. The number of aromatic nitrogens is 1. The molecule has 1 atom stereocenters. The standard InChI is InChI=1S/C21H25F3N4O4/c1-11-7-13(8-26-17(11)32-10-21(22,23)24)12(2)28-9-15-14(18(28)29)5-6-25-16(15)27-19(30)20(3,4)31/h7-8,12,31H,5-6,9-10H2,1-4H3,(H,25,27,30). The van der Waals surface area contributed by atoms with Crippen LogP contribution in [0, 0.1) is 6.92 Å². The zero-order valence-electron chi connectivity index (χ0n) is 18.2. The predicted octanol–water partition coefficient (Wildman–Crippen LogP) is 2.22. The van der Waals surface area contributed by atoms with E-state index in [1.54, 1.807) is 24.8 Å². The quantitative estimate of drug-likeness (QED) is 0.710. The summed E-state index contributed by atoms with van der Waals surface area (Å²) < 4.78 is 41.9. The van der Waals surface area contributed by atoms with E-state index in [4.69, 9.17) is 4.74 Å². The number of aliphatic imine (C=N–C) groups is 1. The van der Waals surface area contributed by atoms with Crippen LogP contribution in [0.25, 0.3) is 0 Å². The van der Waals surface area contributed by atoms with Crippen molar-refractivity contribution in [2.24, 2.45) is 4.99 Å². The first-order valence-electron chi connectivity index (χ1n) is 10.1. The lowest BCUT2D eigenvalue weighted by Crippen LogP contribution is -2.46. The molecule has 0 saturated carbocycles. The van der Waals surface area contributed by atoms with Gasteiger partial charge in [0.15, 0.2) is 6.61 Å². The van der Waals surface area contributed by atoms with Gasteiger partial charge in [0.1, 0.15) is 11.4 Å². The molecule has 3 rings (SSSR count). The summed E-state index contributed by atoms with van der Waals surface area (Å²) in [6.07, 6.45) is -2.65. The molecule has 1 aromatic rings. The molecule has 2 N–H and O–H groups in total. The number of nitrogens with zero attached hydrogens (tertiary/aromatic N) is 3. The van der Waals surface area contributed by atoms with Crippen LogP contribution < -0.4 is 10.1 Å². The fourth-order valence-corrected chi connectivity index (χ4v) is 3.47. The molecule has 0 bridgehead atoms. The number of dihydropyridines is 1. The third-order valence-corrected chi connectivity index (χ3v) is 5.29. The second-order valence-corrected chi connectivity index (χ2v) is 8.35. The van der Waals surface area contributed by atoms with Gasteiger partial charge in [-0.25, -0.2) is 4.98 Å². The molecular formula is C21H25F3N4O4. The molecule has 1 aromatic heterocycles. The van der Waals surface area contributed by atoms with Crippen LogP contribution in [-0.4, -0.2) is 64.1 Å². The maximum Gasteiger partial charge on any atom is 0.422 e. The maximum atomic E-state index is 13.0. The molecule has 0 radical (unpaired) electrons. The summed E-state index contributed by atoms with van der Waals surface area (Å²) in [6.45, 7) is 5.18. The van der Waals surface area contributed by atoms with Crippen molar-refractivity contribution in [1.82, 2.24) is 15.2 Å². The van der Waals surface area contributed by atoms with Crippen molar-refractivity contribution in [2.75, 3.05) is 19.7 Å². The molecule has 11 heteroatoms. The van der Waals surface area contributed by atoms with Crippen LogP contribution in [0.2, 0.25) is 0 Å². The number of pyridine rings is 1. The van der Waals surface area contributed by atoms with E-state index < -0.39 is 30.3 Å². The molecular weight excluding hydrogens is 429 g/mol. The highest BCUT2D eigenvalue weighted by atomic mass is 19.4. The van der Waals surface area contributed by atoms with Gasteiger partial charge in [0, 0.05) is 29.5 Å². The summed E-state index contributed by atoms with van der Waals surface area (Å²) in [4.78, 5) is 35.1. The van der Waals surface area contributed by atoms with Gasteiger partial charge in [0.25, 0.3) is 11.8 Å². The van der Waals surface area contributed by atoms with Gasteiger partial charge >= 0.3 is 6.18 Å².